The van der Waals surface area contributed by atoms with Gasteiger partial charge < -0.3 is 9.97 Å². The standard InChI is InChI=1S/C19H27N3/c1-14-15(2)19(17-11-8-12-20-17)22-18(14)13-21-16-9-6-4-3-5-7-10-16/h8,11-13,16,20,22H,3-7,9-10H2,1-2H3. The number of nitrogens with one attached hydrogen (secondary N) is 2. The van der Waals surface area contributed by atoms with Gasteiger partial charge in [0, 0.05) is 12.4 Å². The summed E-state index contributed by atoms with van der Waals surface area (Å²) >= 11 is 0. The van der Waals surface area contributed by atoms with Gasteiger partial charge in [-0.05, 0) is 49.9 Å². The van der Waals surface area contributed by atoms with Crippen LogP contribution in [0, 0.1) is 13.8 Å². The van der Waals surface area contributed by atoms with Crippen molar-refractivity contribution in [2.24, 2.45) is 4.99 Å². The van der Waals surface area contributed by atoms with Crippen molar-refractivity contribution in [1.82, 2.24) is 9.97 Å². The first-order valence-electron chi connectivity index (χ1n) is 8.62. The van der Waals surface area contributed by atoms with Crippen molar-refractivity contribution in [2.45, 2.75) is 64.8 Å². The summed E-state index contributed by atoms with van der Waals surface area (Å²) in [5.74, 6) is 0. The Labute approximate surface area is 133 Å². The maximum atomic E-state index is 4.89. The van der Waals surface area contributed by atoms with Crippen LogP contribution in [0.15, 0.2) is 23.3 Å². The van der Waals surface area contributed by atoms with Gasteiger partial charge in [0.15, 0.2) is 0 Å². The molecule has 0 atom stereocenters. The summed E-state index contributed by atoms with van der Waals surface area (Å²) in [6, 6.07) is 4.65. The second-order valence-electron chi connectivity index (χ2n) is 6.52. The fourth-order valence-electron chi connectivity index (χ4n) is 3.36. The van der Waals surface area contributed by atoms with Crippen molar-refractivity contribution in [3.05, 3.63) is 35.2 Å². The Balaban J connectivity index is 1.77. The number of aromatic nitrogens is 2. The van der Waals surface area contributed by atoms with E-state index in [2.05, 4.69) is 36.1 Å². The van der Waals surface area contributed by atoms with Crippen LogP contribution in [0.5, 0.6) is 0 Å². The Morgan fingerprint density at radius 1 is 1.05 bits per heavy atom. The molecule has 1 fully saturated rings. The van der Waals surface area contributed by atoms with Crippen LogP contribution in [-0.2, 0) is 0 Å². The van der Waals surface area contributed by atoms with E-state index in [4.69, 9.17) is 4.99 Å². The molecule has 0 amide bonds. The number of hydrogen-bond acceptors (Lipinski definition) is 1. The van der Waals surface area contributed by atoms with Crippen molar-refractivity contribution >= 4 is 6.21 Å². The zero-order valence-electron chi connectivity index (χ0n) is 13.8. The first-order valence-corrected chi connectivity index (χ1v) is 8.62. The molecule has 0 unspecified atom stereocenters. The van der Waals surface area contributed by atoms with Crippen molar-refractivity contribution in [1.29, 1.82) is 0 Å². The van der Waals surface area contributed by atoms with Gasteiger partial charge in [-0.15, -0.1) is 0 Å². The van der Waals surface area contributed by atoms with Crippen LogP contribution in [0.25, 0.3) is 11.4 Å². The minimum Gasteiger partial charge on any atom is -0.360 e. The van der Waals surface area contributed by atoms with E-state index in [0.29, 0.717) is 6.04 Å². The van der Waals surface area contributed by atoms with Crippen LogP contribution in [0.2, 0.25) is 0 Å². The van der Waals surface area contributed by atoms with Crippen molar-refractivity contribution in [3.8, 4) is 11.4 Å². The minimum atomic E-state index is 0.511. The number of aliphatic imine (C=N–C) groups is 1. The first kappa shape index (κ1) is 15.1. The van der Waals surface area contributed by atoms with E-state index >= 15 is 0 Å². The lowest BCUT2D eigenvalue weighted by Gasteiger charge is -2.15. The molecule has 3 heteroatoms. The summed E-state index contributed by atoms with van der Waals surface area (Å²) in [7, 11) is 0. The molecule has 0 aliphatic heterocycles. The van der Waals surface area contributed by atoms with Gasteiger partial charge in [0.1, 0.15) is 0 Å². The monoisotopic (exact) mass is 297 g/mol. The fourth-order valence-corrected chi connectivity index (χ4v) is 3.36. The van der Waals surface area contributed by atoms with Gasteiger partial charge >= 0.3 is 0 Å². The van der Waals surface area contributed by atoms with E-state index in [1.54, 1.807) is 0 Å². The average molecular weight is 297 g/mol. The molecular weight excluding hydrogens is 270 g/mol. The van der Waals surface area contributed by atoms with Crippen LogP contribution in [0.1, 0.15) is 61.8 Å². The Bertz CT molecular complexity index is 611. The molecular formula is C19H27N3. The number of rotatable bonds is 3. The lowest BCUT2D eigenvalue weighted by molar-refractivity contribution is 0.456. The number of H-pyrrole nitrogens is 2. The van der Waals surface area contributed by atoms with Crippen molar-refractivity contribution < 1.29 is 0 Å². The first-order chi connectivity index (χ1) is 10.8. The number of hydrogen-bond donors (Lipinski definition) is 2. The van der Waals surface area contributed by atoms with Crippen LogP contribution >= 0.6 is 0 Å². The van der Waals surface area contributed by atoms with Gasteiger partial charge in [-0.1, -0.05) is 32.1 Å². The van der Waals surface area contributed by atoms with Crippen molar-refractivity contribution in [2.75, 3.05) is 0 Å². The largest absolute Gasteiger partial charge is 0.360 e. The average Bonchev–Trinajstić information content (AvgIpc) is 3.09. The quantitative estimate of drug-likeness (QED) is 0.735. The molecule has 118 valence electrons. The van der Waals surface area contributed by atoms with E-state index in [-0.39, 0.29) is 0 Å². The highest BCUT2D eigenvalue weighted by atomic mass is 14.8. The van der Waals surface area contributed by atoms with Crippen LogP contribution in [0.4, 0.5) is 0 Å². The molecule has 0 spiro atoms. The van der Waals surface area contributed by atoms with Crippen molar-refractivity contribution in [3.63, 3.8) is 0 Å². The Morgan fingerprint density at radius 3 is 2.45 bits per heavy atom. The van der Waals surface area contributed by atoms with E-state index in [9.17, 15) is 0 Å². The third kappa shape index (κ3) is 3.34. The highest BCUT2D eigenvalue weighted by Gasteiger charge is 2.13. The molecule has 0 bridgehead atoms. The predicted octanol–water partition coefficient (Wildman–Crippen LogP) is 5.16. The minimum absolute atomic E-state index is 0.511. The topological polar surface area (TPSA) is 43.9 Å². The lowest BCUT2D eigenvalue weighted by Crippen LogP contribution is -2.07. The van der Waals surface area contributed by atoms with Gasteiger partial charge in [0.25, 0.3) is 0 Å². The molecule has 2 aromatic heterocycles. The van der Waals surface area contributed by atoms with Gasteiger partial charge in [-0.2, -0.15) is 0 Å². The summed E-state index contributed by atoms with van der Waals surface area (Å²) in [6.07, 6.45) is 13.4. The van der Waals surface area contributed by atoms with Gasteiger partial charge in [-0.3, -0.25) is 4.99 Å². The SMILES string of the molecule is Cc1c(C=NC2CCCCCCC2)[nH]c(-c2ccc[nH]2)c1C. The lowest BCUT2D eigenvalue weighted by atomic mass is 9.97. The molecule has 2 N–H and O–H groups in total. The van der Waals surface area contributed by atoms with Crippen LogP contribution in [-0.4, -0.2) is 22.2 Å². The normalized spacial score (nSPS) is 17.7. The smallest absolute Gasteiger partial charge is 0.0656 e. The molecule has 0 aromatic carbocycles. The highest BCUT2D eigenvalue weighted by Crippen LogP contribution is 2.25. The number of nitrogens with zero attached hydrogens (tertiary/aromatic N) is 1. The van der Waals surface area contributed by atoms with E-state index in [1.165, 1.54) is 61.8 Å². The molecule has 3 nitrogen and oxygen atoms in total. The van der Waals surface area contributed by atoms with Crippen LogP contribution < -0.4 is 0 Å². The molecule has 0 saturated heterocycles. The Hall–Kier alpha value is -1.77. The summed E-state index contributed by atoms with van der Waals surface area (Å²) in [4.78, 5) is 11.7. The molecule has 1 saturated carbocycles. The molecule has 2 aromatic rings. The van der Waals surface area contributed by atoms with E-state index < -0.39 is 0 Å². The molecule has 0 radical (unpaired) electrons. The molecule has 3 rings (SSSR count). The maximum Gasteiger partial charge on any atom is 0.0656 e. The summed E-state index contributed by atoms with van der Waals surface area (Å²) in [6.45, 7) is 4.35. The Morgan fingerprint density at radius 2 is 1.77 bits per heavy atom. The second-order valence-corrected chi connectivity index (χ2v) is 6.52. The summed E-state index contributed by atoms with van der Waals surface area (Å²) < 4.78 is 0. The fraction of sp³-hybridized carbons (Fsp3) is 0.526. The van der Waals surface area contributed by atoms with Gasteiger partial charge in [0.05, 0.1) is 23.1 Å². The molecule has 2 heterocycles. The Kier molecular flexibility index (Phi) is 4.81. The third-order valence-electron chi connectivity index (χ3n) is 4.96. The van der Waals surface area contributed by atoms with E-state index in [0.717, 1.165) is 11.4 Å². The van der Waals surface area contributed by atoms with E-state index in [1.807, 2.05) is 12.3 Å². The maximum absolute atomic E-state index is 4.89. The summed E-state index contributed by atoms with van der Waals surface area (Å²) in [5, 5.41) is 0. The number of aromatic amines is 2. The predicted molar refractivity (Wildman–Crippen MR) is 93.8 cm³/mol. The van der Waals surface area contributed by atoms with Gasteiger partial charge in [0.2, 0.25) is 0 Å². The molecule has 1 aliphatic rings. The zero-order valence-corrected chi connectivity index (χ0v) is 13.8. The highest BCUT2D eigenvalue weighted by molar-refractivity contribution is 5.83. The molecule has 22 heavy (non-hydrogen) atoms. The summed E-state index contributed by atoms with van der Waals surface area (Å²) in [5.41, 5.74) is 6.10. The second kappa shape index (κ2) is 6.99. The van der Waals surface area contributed by atoms with Crippen LogP contribution in [0.3, 0.4) is 0 Å². The van der Waals surface area contributed by atoms with Gasteiger partial charge in [-0.25, -0.2) is 0 Å². The zero-order chi connectivity index (χ0) is 15.4. The molecule has 1 aliphatic carbocycles. The third-order valence-corrected chi connectivity index (χ3v) is 4.96.